The second-order valence-corrected chi connectivity index (χ2v) is 5.08. The number of nitrogens with one attached hydrogen (secondary N) is 2. The predicted octanol–water partition coefficient (Wildman–Crippen LogP) is 3.58. The molecule has 0 bridgehead atoms. The van der Waals surface area contributed by atoms with Crippen molar-refractivity contribution in [2.45, 2.75) is 6.54 Å². The maximum Gasteiger partial charge on any atom is 0.241 e. The smallest absolute Gasteiger partial charge is 0.241 e. The molecule has 0 radical (unpaired) electrons. The molecule has 23 heavy (non-hydrogen) atoms. The van der Waals surface area contributed by atoms with Gasteiger partial charge in [-0.3, -0.25) is 0 Å². The summed E-state index contributed by atoms with van der Waals surface area (Å²) >= 11 is 6.24. The number of aromatic amines is 1. The fourth-order valence-corrected chi connectivity index (χ4v) is 2.19. The van der Waals surface area contributed by atoms with Crippen molar-refractivity contribution in [1.29, 1.82) is 0 Å². The van der Waals surface area contributed by atoms with Gasteiger partial charge in [0.15, 0.2) is 0 Å². The quantitative estimate of drug-likeness (QED) is 0.664. The molecule has 0 amide bonds. The number of halogens is 2. The molecule has 1 aromatic heterocycles. The Morgan fingerprint density at radius 3 is 2.70 bits per heavy atom. The average Bonchev–Trinajstić information content (AvgIpc) is 2.94. The highest BCUT2D eigenvalue weighted by atomic mass is 35.5. The van der Waals surface area contributed by atoms with Crippen LogP contribution in [-0.2, 0) is 6.54 Å². The first-order chi connectivity index (χ1) is 11.1. The van der Waals surface area contributed by atoms with Gasteiger partial charge in [-0.1, -0.05) is 17.7 Å². The zero-order valence-corrected chi connectivity index (χ0v) is 12.6. The summed E-state index contributed by atoms with van der Waals surface area (Å²) < 4.78 is 18.7. The molecule has 0 saturated heterocycles. The van der Waals surface area contributed by atoms with Gasteiger partial charge in [-0.2, -0.15) is 4.98 Å². The van der Waals surface area contributed by atoms with Crippen molar-refractivity contribution in [2.75, 3.05) is 11.1 Å². The molecule has 0 saturated carbocycles. The molecule has 118 valence electrons. The van der Waals surface area contributed by atoms with E-state index in [1.165, 1.54) is 12.1 Å². The molecule has 0 fully saturated rings. The number of nitrogen functional groups attached to an aromatic ring is 1. The number of anilines is 2. The number of nitrogens with zero attached hydrogens (tertiary/aromatic N) is 2. The van der Waals surface area contributed by atoms with Gasteiger partial charge in [0.1, 0.15) is 17.3 Å². The monoisotopic (exact) mass is 333 g/mol. The second kappa shape index (κ2) is 6.53. The molecule has 0 spiro atoms. The van der Waals surface area contributed by atoms with Crippen molar-refractivity contribution in [3.8, 4) is 11.5 Å². The van der Waals surface area contributed by atoms with Gasteiger partial charge in [0.2, 0.25) is 11.9 Å². The molecule has 2 aromatic carbocycles. The van der Waals surface area contributed by atoms with E-state index in [-0.39, 0.29) is 11.8 Å². The fourth-order valence-electron chi connectivity index (χ4n) is 1.96. The summed E-state index contributed by atoms with van der Waals surface area (Å²) in [5, 5.41) is 9.93. The Hall–Kier alpha value is -2.80. The van der Waals surface area contributed by atoms with Crippen LogP contribution >= 0.6 is 11.6 Å². The number of H-pyrrole nitrogens is 1. The Bertz CT molecular complexity index is 806. The Balaban J connectivity index is 1.80. The van der Waals surface area contributed by atoms with Gasteiger partial charge in [0.05, 0.1) is 0 Å². The summed E-state index contributed by atoms with van der Waals surface area (Å²) in [5.41, 5.74) is 6.18. The van der Waals surface area contributed by atoms with Crippen LogP contribution in [0.5, 0.6) is 11.5 Å². The number of benzene rings is 2. The zero-order valence-electron chi connectivity index (χ0n) is 11.9. The van der Waals surface area contributed by atoms with Crippen molar-refractivity contribution >= 4 is 23.5 Å². The number of ether oxygens (including phenoxy) is 1. The van der Waals surface area contributed by atoms with Gasteiger partial charge in [-0.25, -0.2) is 9.49 Å². The lowest BCUT2D eigenvalue weighted by Crippen LogP contribution is -2.03. The Morgan fingerprint density at radius 2 is 2.00 bits per heavy atom. The molecule has 0 aliphatic carbocycles. The van der Waals surface area contributed by atoms with Crippen LogP contribution in [0, 0.1) is 5.82 Å². The minimum absolute atomic E-state index is 0.148. The molecular weight excluding hydrogens is 321 g/mol. The van der Waals surface area contributed by atoms with Crippen molar-refractivity contribution in [1.82, 2.24) is 15.2 Å². The molecule has 1 heterocycles. The maximum absolute atomic E-state index is 13.0. The SMILES string of the molecule is Nc1n[nH]c(NCc2c(Cl)cccc2Oc2ccc(F)cc2)n1. The summed E-state index contributed by atoms with van der Waals surface area (Å²) in [6.07, 6.45) is 0. The summed E-state index contributed by atoms with van der Waals surface area (Å²) in [4.78, 5) is 3.95. The maximum atomic E-state index is 13.0. The van der Waals surface area contributed by atoms with Crippen LogP contribution in [0.3, 0.4) is 0 Å². The normalized spacial score (nSPS) is 10.5. The Morgan fingerprint density at radius 1 is 1.22 bits per heavy atom. The number of rotatable bonds is 5. The molecule has 0 atom stereocenters. The summed E-state index contributed by atoms with van der Waals surface area (Å²) in [5.74, 6) is 1.32. The highest BCUT2D eigenvalue weighted by molar-refractivity contribution is 6.31. The molecule has 3 rings (SSSR count). The van der Waals surface area contributed by atoms with Gasteiger partial charge in [0.25, 0.3) is 0 Å². The number of hydrogen-bond acceptors (Lipinski definition) is 5. The number of nitrogens with two attached hydrogens (primary N) is 1. The average molecular weight is 334 g/mol. The van der Waals surface area contributed by atoms with E-state index in [1.807, 2.05) is 0 Å². The third-order valence-corrected chi connectivity index (χ3v) is 3.41. The van der Waals surface area contributed by atoms with Crippen LogP contribution in [0.25, 0.3) is 0 Å². The molecule has 0 aliphatic rings. The van der Waals surface area contributed by atoms with Gasteiger partial charge in [-0.15, -0.1) is 5.10 Å². The minimum atomic E-state index is -0.326. The molecule has 8 heteroatoms. The fraction of sp³-hybridized carbons (Fsp3) is 0.0667. The Labute approximate surface area is 136 Å². The lowest BCUT2D eigenvalue weighted by molar-refractivity contribution is 0.475. The van der Waals surface area contributed by atoms with E-state index < -0.39 is 0 Å². The molecule has 6 nitrogen and oxygen atoms in total. The van der Waals surface area contributed by atoms with Gasteiger partial charge < -0.3 is 15.8 Å². The van der Waals surface area contributed by atoms with E-state index >= 15 is 0 Å². The van der Waals surface area contributed by atoms with Gasteiger partial charge >= 0.3 is 0 Å². The van der Waals surface area contributed by atoms with Crippen LogP contribution in [-0.4, -0.2) is 15.2 Å². The van der Waals surface area contributed by atoms with Gasteiger partial charge in [-0.05, 0) is 36.4 Å². The first kappa shape index (κ1) is 15.1. The molecule has 3 aromatic rings. The molecular formula is C15H13ClFN5O. The summed E-state index contributed by atoms with van der Waals surface area (Å²) in [7, 11) is 0. The van der Waals surface area contributed by atoms with Crippen molar-refractivity contribution in [3.05, 3.63) is 58.9 Å². The van der Waals surface area contributed by atoms with Crippen molar-refractivity contribution < 1.29 is 9.13 Å². The standard InChI is InChI=1S/C15H13ClFN5O/c16-12-2-1-3-13(23-10-6-4-9(17)5-7-10)11(12)8-19-15-20-14(18)21-22-15/h1-7H,8H2,(H4,18,19,20,21,22). The topological polar surface area (TPSA) is 88.8 Å². The predicted molar refractivity (Wildman–Crippen MR) is 86.0 cm³/mol. The lowest BCUT2D eigenvalue weighted by Gasteiger charge is -2.13. The van der Waals surface area contributed by atoms with Crippen LogP contribution in [0.15, 0.2) is 42.5 Å². The van der Waals surface area contributed by atoms with Crippen molar-refractivity contribution in [3.63, 3.8) is 0 Å². The first-order valence-electron chi connectivity index (χ1n) is 6.74. The zero-order chi connectivity index (χ0) is 16.2. The van der Waals surface area contributed by atoms with Gasteiger partial charge in [0, 0.05) is 17.1 Å². The van der Waals surface area contributed by atoms with Crippen LogP contribution in [0.4, 0.5) is 16.3 Å². The van der Waals surface area contributed by atoms with E-state index in [0.717, 1.165) is 5.56 Å². The molecule has 0 aliphatic heterocycles. The van der Waals surface area contributed by atoms with E-state index in [0.29, 0.717) is 29.0 Å². The molecule has 0 unspecified atom stereocenters. The van der Waals surface area contributed by atoms with Crippen molar-refractivity contribution in [2.24, 2.45) is 0 Å². The molecule has 4 N–H and O–H groups in total. The third kappa shape index (κ3) is 3.70. The van der Waals surface area contributed by atoms with E-state index in [9.17, 15) is 4.39 Å². The van der Waals surface area contributed by atoms with E-state index in [2.05, 4.69) is 20.5 Å². The Kier molecular flexibility index (Phi) is 4.29. The minimum Gasteiger partial charge on any atom is -0.457 e. The van der Waals surface area contributed by atoms with Crippen LogP contribution in [0.1, 0.15) is 5.56 Å². The third-order valence-electron chi connectivity index (χ3n) is 3.05. The van der Waals surface area contributed by atoms with Crippen LogP contribution in [0.2, 0.25) is 5.02 Å². The van der Waals surface area contributed by atoms with E-state index in [4.69, 9.17) is 22.1 Å². The van der Waals surface area contributed by atoms with E-state index in [1.54, 1.807) is 30.3 Å². The first-order valence-corrected chi connectivity index (χ1v) is 7.12. The number of aromatic nitrogens is 3. The summed E-state index contributed by atoms with van der Waals surface area (Å²) in [6.45, 7) is 0.352. The summed E-state index contributed by atoms with van der Waals surface area (Å²) in [6, 6.07) is 11.1. The number of hydrogen-bond donors (Lipinski definition) is 3. The highest BCUT2D eigenvalue weighted by Crippen LogP contribution is 2.31. The highest BCUT2D eigenvalue weighted by Gasteiger charge is 2.10. The second-order valence-electron chi connectivity index (χ2n) is 4.67. The lowest BCUT2D eigenvalue weighted by atomic mass is 10.2. The van der Waals surface area contributed by atoms with Crippen LogP contribution < -0.4 is 15.8 Å². The largest absolute Gasteiger partial charge is 0.457 e.